The Labute approximate surface area is 259 Å². The fraction of sp³-hybridized carbons (Fsp3) is 0.267. The van der Waals surface area contributed by atoms with E-state index in [0.717, 1.165) is 11.3 Å². The molecule has 4 N–H and O–H groups in total. The highest BCUT2D eigenvalue weighted by molar-refractivity contribution is 6.45. The van der Waals surface area contributed by atoms with E-state index in [2.05, 4.69) is 20.9 Å². The molecule has 4 rings (SSSR count). The highest BCUT2D eigenvalue weighted by atomic mass is 35.5. The van der Waals surface area contributed by atoms with Crippen LogP contribution >= 0.6 is 23.2 Å². The van der Waals surface area contributed by atoms with Crippen molar-refractivity contribution >= 4 is 52.5 Å². The molecule has 2 heterocycles. The second kappa shape index (κ2) is 13.4. The fourth-order valence-electron chi connectivity index (χ4n) is 3.89. The third-order valence-corrected chi connectivity index (χ3v) is 6.93. The Morgan fingerprint density at radius 2 is 1.70 bits per heavy atom. The molecule has 0 aliphatic rings. The number of anilines is 3. The maximum absolute atomic E-state index is 13.1. The Morgan fingerprint density at radius 3 is 2.35 bits per heavy atom. The Bertz CT molecular complexity index is 1620. The lowest BCUT2D eigenvalue weighted by molar-refractivity contribution is -0.116. The minimum atomic E-state index is -0.563. The average molecular weight is 627 g/mol. The second-order valence-corrected chi connectivity index (χ2v) is 11.7. The van der Waals surface area contributed by atoms with Crippen LogP contribution in [0.3, 0.4) is 0 Å². The molecule has 0 aliphatic heterocycles. The van der Waals surface area contributed by atoms with E-state index in [1.54, 1.807) is 66.1 Å². The summed E-state index contributed by atoms with van der Waals surface area (Å²) in [5.74, 6) is 1.16. The molecular formula is C30H33Cl2N7O4. The summed E-state index contributed by atoms with van der Waals surface area (Å²) in [5.41, 5.74) is 2.23. The highest BCUT2D eigenvalue weighted by Crippen LogP contribution is 2.40. The standard InChI is InChI=1S/C30H33Cl2N7O4/c1-30(2,3)23-15-25(39(37-23)19-8-6-18(17-40)7-9-19)36-29(42)34-21-10-11-22(28(32)27(21)31)43-20-12-13-33-24(14-20)35-26(41)16-38(4)5/h6-15,40H,16-17H2,1-5H3,(H,33,35,41)(H2,34,36,42). The predicted octanol–water partition coefficient (Wildman–Crippen LogP) is 6.30. The summed E-state index contributed by atoms with van der Waals surface area (Å²) < 4.78 is 7.51. The van der Waals surface area contributed by atoms with E-state index in [4.69, 9.17) is 33.0 Å². The number of benzene rings is 2. The molecule has 0 atom stereocenters. The predicted molar refractivity (Wildman–Crippen MR) is 169 cm³/mol. The third-order valence-electron chi connectivity index (χ3n) is 6.06. The first-order chi connectivity index (χ1) is 20.3. The number of nitrogens with one attached hydrogen (secondary N) is 3. The molecule has 0 unspecified atom stereocenters. The lowest BCUT2D eigenvalue weighted by Gasteiger charge is -2.14. The van der Waals surface area contributed by atoms with Crippen molar-refractivity contribution in [1.29, 1.82) is 0 Å². The molecule has 226 valence electrons. The number of nitrogens with zero attached hydrogens (tertiary/aromatic N) is 4. The zero-order chi connectivity index (χ0) is 31.3. The maximum atomic E-state index is 13.1. The smallest absolute Gasteiger partial charge is 0.324 e. The lowest BCUT2D eigenvalue weighted by atomic mass is 9.92. The monoisotopic (exact) mass is 625 g/mol. The van der Waals surface area contributed by atoms with Crippen LogP contribution in [-0.2, 0) is 16.8 Å². The number of hydrogen-bond donors (Lipinski definition) is 4. The molecule has 2 aromatic heterocycles. The van der Waals surface area contributed by atoms with Crippen molar-refractivity contribution in [1.82, 2.24) is 19.7 Å². The van der Waals surface area contributed by atoms with E-state index in [-0.39, 0.29) is 46.0 Å². The van der Waals surface area contributed by atoms with Gasteiger partial charge in [0.05, 0.1) is 35.2 Å². The minimum Gasteiger partial charge on any atom is -0.456 e. The summed E-state index contributed by atoms with van der Waals surface area (Å²) in [7, 11) is 3.58. The third kappa shape index (κ3) is 8.23. The first kappa shape index (κ1) is 31.8. The molecule has 2 aromatic carbocycles. The van der Waals surface area contributed by atoms with Gasteiger partial charge in [-0.25, -0.2) is 14.5 Å². The number of carbonyl (C=O) groups is 2. The molecule has 0 bridgehead atoms. The highest BCUT2D eigenvalue weighted by Gasteiger charge is 2.22. The summed E-state index contributed by atoms with van der Waals surface area (Å²) in [6.07, 6.45) is 1.49. The van der Waals surface area contributed by atoms with Crippen molar-refractivity contribution in [3.63, 3.8) is 0 Å². The van der Waals surface area contributed by atoms with Crippen molar-refractivity contribution in [2.24, 2.45) is 0 Å². The maximum Gasteiger partial charge on any atom is 0.324 e. The molecule has 11 nitrogen and oxygen atoms in total. The largest absolute Gasteiger partial charge is 0.456 e. The second-order valence-electron chi connectivity index (χ2n) is 11.0. The lowest BCUT2D eigenvalue weighted by Crippen LogP contribution is -2.27. The van der Waals surface area contributed by atoms with Crippen LogP contribution in [0, 0.1) is 0 Å². The van der Waals surface area contributed by atoms with E-state index in [0.29, 0.717) is 23.1 Å². The fourth-order valence-corrected chi connectivity index (χ4v) is 4.30. The molecule has 4 aromatic rings. The van der Waals surface area contributed by atoms with Crippen LogP contribution in [0.15, 0.2) is 60.8 Å². The van der Waals surface area contributed by atoms with E-state index in [1.165, 1.54) is 6.20 Å². The molecular weight excluding hydrogens is 593 g/mol. The Kier molecular flexibility index (Phi) is 9.92. The van der Waals surface area contributed by atoms with E-state index >= 15 is 0 Å². The number of carbonyl (C=O) groups excluding carboxylic acids is 2. The number of ether oxygens (including phenoxy) is 1. The van der Waals surface area contributed by atoms with Gasteiger partial charge in [0.2, 0.25) is 5.91 Å². The van der Waals surface area contributed by atoms with Crippen molar-refractivity contribution in [3.05, 3.63) is 82.1 Å². The topological polar surface area (TPSA) is 134 Å². The molecule has 0 fully saturated rings. The van der Waals surface area contributed by atoms with Crippen LogP contribution in [0.5, 0.6) is 11.5 Å². The molecule has 0 spiro atoms. The Balaban J connectivity index is 1.49. The van der Waals surface area contributed by atoms with E-state index in [9.17, 15) is 14.7 Å². The van der Waals surface area contributed by atoms with Crippen LogP contribution in [-0.4, -0.2) is 57.3 Å². The van der Waals surface area contributed by atoms with Gasteiger partial charge in [-0.2, -0.15) is 5.10 Å². The molecule has 0 aliphatic carbocycles. The molecule has 13 heteroatoms. The molecule has 3 amide bonds. The van der Waals surface area contributed by atoms with Gasteiger partial charge in [-0.1, -0.05) is 56.1 Å². The van der Waals surface area contributed by atoms with Gasteiger partial charge in [-0.3, -0.25) is 10.1 Å². The summed E-state index contributed by atoms with van der Waals surface area (Å²) in [4.78, 5) is 31.0. The van der Waals surface area contributed by atoms with Gasteiger partial charge >= 0.3 is 6.03 Å². The quantitative estimate of drug-likeness (QED) is 0.171. The number of aliphatic hydroxyl groups is 1. The average Bonchev–Trinajstić information content (AvgIpc) is 3.37. The molecule has 0 saturated carbocycles. The van der Waals surface area contributed by atoms with Gasteiger partial charge in [0.1, 0.15) is 28.2 Å². The van der Waals surface area contributed by atoms with Gasteiger partial charge in [0, 0.05) is 23.7 Å². The van der Waals surface area contributed by atoms with E-state index < -0.39 is 6.03 Å². The number of halogens is 2. The van der Waals surface area contributed by atoms with Crippen LogP contribution in [0.4, 0.5) is 22.1 Å². The Morgan fingerprint density at radius 1 is 0.977 bits per heavy atom. The number of likely N-dealkylation sites (N-methyl/N-ethyl adjacent to an activating group) is 1. The summed E-state index contributed by atoms with van der Waals surface area (Å²) in [6, 6.07) is 14.7. The number of urea groups is 1. The van der Waals surface area contributed by atoms with Crippen LogP contribution in [0.2, 0.25) is 10.0 Å². The van der Waals surface area contributed by atoms with Gasteiger partial charge in [-0.05, 0) is 50.0 Å². The van der Waals surface area contributed by atoms with Crippen LogP contribution in [0.1, 0.15) is 32.0 Å². The van der Waals surface area contributed by atoms with E-state index in [1.807, 2.05) is 32.9 Å². The molecule has 0 saturated heterocycles. The number of aromatic nitrogens is 3. The zero-order valence-electron chi connectivity index (χ0n) is 24.4. The van der Waals surface area contributed by atoms with Gasteiger partial charge in [-0.15, -0.1) is 0 Å². The summed E-state index contributed by atoms with van der Waals surface area (Å²) >= 11 is 13.0. The molecule has 43 heavy (non-hydrogen) atoms. The van der Waals surface area contributed by atoms with Crippen molar-refractivity contribution in [2.75, 3.05) is 36.6 Å². The number of rotatable bonds is 9. The van der Waals surface area contributed by atoms with Gasteiger partial charge < -0.3 is 25.4 Å². The van der Waals surface area contributed by atoms with Crippen molar-refractivity contribution in [2.45, 2.75) is 32.8 Å². The minimum absolute atomic E-state index is 0.0753. The normalized spacial score (nSPS) is 11.4. The van der Waals surface area contributed by atoms with Gasteiger partial charge in [0.25, 0.3) is 0 Å². The van der Waals surface area contributed by atoms with Crippen molar-refractivity contribution < 1.29 is 19.4 Å². The van der Waals surface area contributed by atoms with Crippen LogP contribution < -0.4 is 20.7 Å². The van der Waals surface area contributed by atoms with Gasteiger partial charge in [0.15, 0.2) is 0 Å². The van der Waals surface area contributed by atoms with Crippen molar-refractivity contribution in [3.8, 4) is 17.2 Å². The Hall–Kier alpha value is -4.16. The summed E-state index contributed by atoms with van der Waals surface area (Å²) in [6.45, 7) is 6.20. The number of aliphatic hydroxyl groups excluding tert-OH is 1. The van der Waals surface area contributed by atoms with Crippen LogP contribution in [0.25, 0.3) is 5.69 Å². The zero-order valence-corrected chi connectivity index (χ0v) is 25.9. The number of pyridine rings is 1. The SMILES string of the molecule is CN(C)CC(=O)Nc1cc(Oc2ccc(NC(=O)Nc3cc(C(C)(C)C)nn3-c3ccc(CO)cc3)c(Cl)c2Cl)ccn1. The molecule has 0 radical (unpaired) electrons. The number of hydrogen-bond acceptors (Lipinski definition) is 7. The first-order valence-electron chi connectivity index (χ1n) is 13.3. The number of amides is 3. The summed E-state index contributed by atoms with van der Waals surface area (Å²) in [5, 5.41) is 22.5. The first-order valence-corrected chi connectivity index (χ1v) is 14.0.